The normalized spacial score (nSPS) is 22.1. The maximum Gasteiger partial charge on any atom is 0.238 e. The lowest BCUT2D eigenvalue weighted by molar-refractivity contribution is -0.130. The third-order valence-electron chi connectivity index (χ3n) is 4.41. The molecule has 0 radical (unpaired) electrons. The number of hydrogen-bond acceptors (Lipinski definition) is 2. The molecule has 110 valence electrons. The molecule has 1 amide bonds. The van der Waals surface area contributed by atoms with Gasteiger partial charge in [-0.1, -0.05) is 44.5 Å². The van der Waals surface area contributed by atoms with E-state index in [4.69, 9.17) is 0 Å². The van der Waals surface area contributed by atoms with Gasteiger partial charge in [-0.2, -0.15) is 0 Å². The van der Waals surface area contributed by atoms with Gasteiger partial charge in [0.05, 0.1) is 6.54 Å². The van der Waals surface area contributed by atoms with E-state index in [9.17, 15) is 4.79 Å². The Labute approximate surface area is 122 Å². The topological polar surface area (TPSA) is 32.3 Å². The molecule has 1 heterocycles. The average Bonchev–Trinajstić information content (AvgIpc) is 2.81. The van der Waals surface area contributed by atoms with Crippen molar-refractivity contribution in [2.45, 2.75) is 52.7 Å². The zero-order valence-electron chi connectivity index (χ0n) is 13.0. The summed E-state index contributed by atoms with van der Waals surface area (Å²) < 4.78 is 0. The van der Waals surface area contributed by atoms with Gasteiger partial charge in [-0.3, -0.25) is 10.1 Å². The van der Waals surface area contributed by atoms with Crippen molar-refractivity contribution in [1.29, 1.82) is 0 Å². The van der Waals surface area contributed by atoms with Gasteiger partial charge in [-0.25, -0.2) is 0 Å². The van der Waals surface area contributed by atoms with Gasteiger partial charge >= 0.3 is 0 Å². The number of nitrogens with one attached hydrogen (secondary N) is 1. The van der Waals surface area contributed by atoms with E-state index in [0.717, 1.165) is 12.8 Å². The number of carbonyl (C=O) groups is 1. The lowest BCUT2D eigenvalue weighted by Gasteiger charge is -2.32. The first-order valence-electron chi connectivity index (χ1n) is 7.64. The Morgan fingerprint density at radius 2 is 2.05 bits per heavy atom. The highest BCUT2D eigenvalue weighted by Crippen LogP contribution is 2.29. The molecule has 1 N–H and O–H groups in total. The van der Waals surface area contributed by atoms with Crippen LogP contribution in [0.5, 0.6) is 0 Å². The fraction of sp³-hybridized carbons (Fsp3) is 0.588. The summed E-state index contributed by atoms with van der Waals surface area (Å²) in [6.45, 7) is 9.19. The van der Waals surface area contributed by atoms with Crippen LogP contribution in [0.4, 0.5) is 0 Å². The Morgan fingerprint density at radius 3 is 2.70 bits per heavy atom. The van der Waals surface area contributed by atoms with Crippen molar-refractivity contribution in [3.63, 3.8) is 0 Å². The molecule has 0 bridgehead atoms. The number of nitrogens with zero attached hydrogens (tertiary/aromatic N) is 1. The van der Waals surface area contributed by atoms with Gasteiger partial charge in [-0.15, -0.1) is 0 Å². The summed E-state index contributed by atoms with van der Waals surface area (Å²) in [5.74, 6) is 0.866. The molecule has 1 aliphatic heterocycles. The monoisotopic (exact) mass is 274 g/mol. The molecule has 20 heavy (non-hydrogen) atoms. The van der Waals surface area contributed by atoms with E-state index in [1.165, 1.54) is 11.1 Å². The second-order valence-electron chi connectivity index (χ2n) is 6.04. The molecule has 2 rings (SSSR count). The number of carbonyl (C=O) groups excluding carboxylic acids is 1. The SMILES string of the molecule is CCC(C)CC(C)N1C(=O)CNC1c1ccccc1C. The quantitative estimate of drug-likeness (QED) is 0.894. The van der Waals surface area contributed by atoms with Crippen molar-refractivity contribution in [3.05, 3.63) is 35.4 Å². The first-order valence-corrected chi connectivity index (χ1v) is 7.64. The summed E-state index contributed by atoms with van der Waals surface area (Å²) in [6.07, 6.45) is 2.25. The highest BCUT2D eigenvalue weighted by molar-refractivity contribution is 5.81. The van der Waals surface area contributed by atoms with Gasteiger partial charge in [0.2, 0.25) is 5.91 Å². The molecule has 3 atom stereocenters. The molecule has 0 spiro atoms. The minimum Gasteiger partial charge on any atom is -0.319 e. The Hall–Kier alpha value is -1.35. The van der Waals surface area contributed by atoms with Crippen LogP contribution in [0.15, 0.2) is 24.3 Å². The minimum atomic E-state index is 0.0303. The van der Waals surface area contributed by atoms with Gasteiger partial charge in [0.25, 0.3) is 0 Å². The minimum absolute atomic E-state index is 0.0303. The molecule has 3 heteroatoms. The molecular weight excluding hydrogens is 248 g/mol. The summed E-state index contributed by atoms with van der Waals surface area (Å²) in [6, 6.07) is 8.59. The van der Waals surface area contributed by atoms with Crippen molar-refractivity contribution in [2.75, 3.05) is 6.54 Å². The Morgan fingerprint density at radius 1 is 1.35 bits per heavy atom. The van der Waals surface area contributed by atoms with E-state index in [1.807, 2.05) is 17.0 Å². The summed E-state index contributed by atoms with van der Waals surface area (Å²) in [5, 5.41) is 3.36. The first kappa shape index (κ1) is 15.0. The van der Waals surface area contributed by atoms with Crippen LogP contribution in [0.25, 0.3) is 0 Å². The third-order valence-corrected chi connectivity index (χ3v) is 4.41. The number of benzene rings is 1. The van der Waals surface area contributed by atoms with Crippen LogP contribution in [0.2, 0.25) is 0 Å². The van der Waals surface area contributed by atoms with Crippen molar-refractivity contribution < 1.29 is 4.79 Å². The molecule has 0 saturated carbocycles. The van der Waals surface area contributed by atoms with E-state index in [-0.39, 0.29) is 18.1 Å². The Bertz CT molecular complexity index is 472. The number of rotatable bonds is 5. The fourth-order valence-corrected chi connectivity index (χ4v) is 3.03. The third kappa shape index (κ3) is 3.04. The van der Waals surface area contributed by atoms with E-state index in [2.05, 4.69) is 45.1 Å². The first-order chi connectivity index (χ1) is 9.54. The van der Waals surface area contributed by atoms with Crippen LogP contribution in [-0.4, -0.2) is 23.4 Å². The van der Waals surface area contributed by atoms with Crippen LogP contribution >= 0.6 is 0 Å². The maximum absolute atomic E-state index is 12.2. The largest absolute Gasteiger partial charge is 0.319 e. The van der Waals surface area contributed by atoms with Gasteiger partial charge in [-0.05, 0) is 37.3 Å². The molecule has 3 nitrogen and oxygen atoms in total. The zero-order valence-corrected chi connectivity index (χ0v) is 13.0. The smallest absolute Gasteiger partial charge is 0.238 e. The predicted molar refractivity (Wildman–Crippen MR) is 82.3 cm³/mol. The van der Waals surface area contributed by atoms with Gasteiger partial charge in [0.15, 0.2) is 0 Å². The van der Waals surface area contributed by atoms with E-state index < -0.39 is 0 Å². The molecule has 1 aromatic carbocycles. The second-order valence-corrected chi connectivity index (χ2v) is 6.04. The highest BCUT2D eigenvalue weighted by atomic mass is 16.2. The molecule has 1 fully saturated rings. The Kier molecular flexibility index (Phi) is 4.81. The van der Waals surface area contributed by atoms with Crippen molar-refractivity contribution >= 4 is 5.91 Å². The zero-order chi connectivity index (χ0) is 14.7. The van der Waals surface area contributed by atoms with E-state index in [0.29, 0.717) is 12.5 Å². The van der Waals surface area contributed by atoms with Gasteiger partial charge in [0, 0.05) is 6.04 Å². The molecule has 3 unspecified atom stereocenters. The molecule has 1 saturated heterocycles. The molecule has 1 aromatic rings. The van der Waals surface area contributed by atoms with Crippen LogP contribution in [-0.2, 0) is 4.79 Å². The number of amides is 1. The standard InChI is InChI=1S/C17H26N2O/c1-5-12(2)10-14(4)19-16(20)11-18-17(19)15-9-7-6-8-13(15)3/h6-9,12,14,17-18H,5,10-11H2,1-4H3. The predicted octanol–water partition coefficient (Wildman–Crippen LogP) is 3.25. The summed E-state index contributed by atoms with van der Waals surface area (Å²) in [5.41, 5.74) is 2.45. The summed E-state index contributed by atoms with van der Waals surface area (Å²) in [4.78, 5) is 14.3. The fourth-order valence-electron chi connectivity index (χ4n) is 3.03. The molecular formula is C17H26N2O. The van der Waals surface area contributed by atoms with Gasteiger partial charge < -0.3 is 4.90 Å². The number of hydrogen-bond donors (Lipinski definition) is 1. The van der Waals surface area contributed by atoms with E-state index in [1.54, 1.807) is 0 Å². The van der Waals surface area contributed by atoms with Crippen molar-refractivity contribution in [3.8, 4) is 0 Å². The van der Waals surface area contributed by atoms with Crippen LogP contribution in [0.3, 0.4) is 0 Å². The van der Waals surface area contributed by atoms with Gasteiger partial charge in [0.1, 0.15) is 6.17 Å². The lowest BCUT2D eigenvalue weighted by atomic mass is 9.98. The molecule has 0 aromatic heterocycles. The Balaban J connectivity index is 2.21. The van der Waals surface area contributed by atoms with Crippen LogP contribution in [0.1, 0.15) is 50.9 Å². The van der Waals surface area contributed by atoms with Crippen molar-refractivity contribution in [2.24, 2.45) is 5.92 Å². The lowest BCUT2D eigenvalue weighted by Crippen LogP contribution is -2.39. The maximum atomic E-state index is 12.2. The highest BCUT2D eigenvalue weighted by Gasteiger charge is 2.35. The molecule has 1 aliphatic rings. The average molecular weight is 274 g/mol. The second kappa shape index (κ2) is 6.40. The summed E-state index contributed by atoms with van der Waals surface area (Å²) in [7, 11) is 0. The number of aryl methyl sites for hydroxylation is 1. The van der Waals surface area contributed by atoms with Crippen LogP contribution < -0.4 is 5.32 Å². The van der Waals surface area contributed by atoms with E-state index >= 15 is 0 Å². The van der Waals surface area contributed by atoms with Crippen molar-refractivity contribution in [1.82, 2.24) is 10.2 Å². The van der Waals surface area contributed by atoms with Crippen LogP contribution in [0, 0.1) is 12.8 Å². The summed E-state index contributed by atoms with van der Waals surface area (Å²) >= 11 is 0. The molecule has 0 aliphatic carbocycles.